The molecule has 6 nitrogen and oxygen atoms in total. The molecule has 3 N–H and O–H groups in total. The highest BCUT2D eigenvalue weighted by atomic mass is 19.1. The predicted molar refractivity (Wildman–Crippen MR) is 102 cm³/mol. The number of halogens is 1. The summed E-state index contributed by atoms with van der Waals surface area (Å²) in [5.74, 6) is 0.397. The number of fused-ring (bicyclic) bond motifs is 1. The summed E-state index contributed by atoms with van der Waals surface area (Å²) >= 11 is 0. The number of nitrogens with zero attached hydrogens (tertiary/aromatic N) is 3. The van der Waals surface area contributed by atoms with Crippen LogP contribution in [0.1, 0.15) is 43.3 Å². The fourth-order valence-corrected chi connectivity index (χ4v) is 2.98. The molecule has 7 heteroatoms. The van der Waals surface area contributed by atoms with Crippen LogP contribution in [0.3, 0.4) is 0 Å². The molecule has 1 amide bonds. The number of amides is 1. The highest BCUT2D eigenvalue weighted by molar-refractivity contribution is 5.77. The molecule has 0 spiro atoms. The second-order valence-electron chi connectivity index (χ2n) is 7.43. The Kier molecular flexibility index (Phi) is 5.51. The molecule has 2 aromatic heterocycles. The Hall–Kier alpha value is -2.80. The van der Waals surface area contributed by atoms with E-state index in [4.69, 9.17) is 5.73 Å². The van der Waals surface area contributed by atoms with Crippen LogP contribution in [0.5, 0.6) is 0 Å². The molecule has 3 rings (SSSR count). The Balaban J connectivity index is 1.95. The Bertz CT molecular complexity index is 917. The molecular formula is C20H24FN5O. The van der Waals surface area contributed by atoms with Gasteiger partial charge in [-0.15, -0.1) is 10.2 Å². The highest BCUT2D eigenvalue weighted by Crippen LogP contribution is 2.20. The molecule has 3 aromatic rings. The maximum Gasteiger partial charge on any atom is 0.222 e. The van der Waals surface area contributed by atoms with Crippen LogP contribution in [0.25, 0.3) is 5.65 Å². The van der Waals surface area contributed by atoms with Crippen molar-refractivity contribution in [1.82, 2.24) is 19.9 Å². The Morgan fingerprint density at radius 2 is 1.93 bits per heavy atom. The molecule has 0 fully saturated rings. The second kappa shape index (κ2) is 7.84. The van der Waals surface area contributed by atoms with Crippen LogP contribution in [0, 0.1) is 0 Å². The standard InChI is InChI=1S/C20H24FN5O/c1-20(2,22)11-18(27)23-16(10-14-6-4-3-5-7-14)19-25-24-17-9-8-15(12-21)13-26(17)19/h3-9,13,16H,10-12,22H2,1-2H3,(H,23,27)/t16-/m1/s1. The number of aromatic nitrogens is 3. The van der Waals surface area contributed by atoms with Crippen molar-refractivity contribution in [2.75, 3.05) is 0 Å². The van der Waals surface area contributed by atoms with Crippen LogP contribution in [0.4, 0.5) is 4.39 Å². The minimum Gasteiger partial charge on any atom is -0.346 e. The monoisotopic (exact) mass is 369 g/mol. The number of nitrogens with one attached hydrogen (secondary N) is 1. The van der Waals surface area contributed by atoms with Gasteiger partial charge in [-0.3, -0.25) is 9.20 Å². The molecule has 0 aliphatic rings. The topological polar surface area (TPSA) is 85.3 Å². The predicted octanol–water partition coefficient (Wildman–Crippen LogP) is 2.73. The van der Waals surface area contributed by atoms with E-state index in [9.17, 15) is 9.18 Å². The smallest absolute Gasteiger partial charge is 0.222 e. The third-order valence-corrected chi connectivity index (χ3v) is 4.19. The quantitative estimate of drug-likeness (QED) is 0.671. The first-order chi connectivity index (χ1) is 12.9. The van der Waals surface area contributed by atoms with Crippen molar-refractivity contribution in [2.24, 2.45) is 5.73 Å². The number of pyridine rings is 1. The summed E-state index contributed by atoms with van der Waals surface area (Å²) in [5.41, 5.74) is 7.54. The average Bonchev–Trinajstić information content (AvgIpc) is 3.03. The van der Waals surface area contributed by atoms with Crippen LogP contribution in [0.2, 0.25) is 0 Å². The number of nitrogens with two attached hydrogens (primary N) is 1. The SMILES string of the molecule is CC(C)(N)CC(=O)N[C@H](Cc1ccccc1)c1nnc2ccc(CF)cn12. The first kappa shape index (κ1) is 19.0. The molecule has 1 aromatic carbocycles. The zero-order chi connectivity index (χ0) is 19.4. The van der Waals surface area contributed by atoms with Gasteiger partial charge in [0.15, 0.2) is 11.5 Å². The number of hydrogen-bond donors (Lipinski definition) is 2. The van der Waals surface area contributed by atoms with Gasteiger partial charge in [0.1, 0.15) is 6.67 Å². The number of carbonyl (C=O) groups is 1. The lowest BCUT2D eigenvalue weighted by molar-refractivity contribution is -0.122. The molecule has 0 saturated heterocycles. The van der Waals surface area contributed by atoms with Crippen LogP contribution in [-0.2, 0) is 17.9 Å². The summed E-state index contributed by atoms with van der Waals surface area (Å²) in [7, 11) is 0. The Morgan fingerprint density at radius 3 is 2.59 bits per heavy atom. The fraction of sp³-hybridized carbons (Fsp3) is 0.350. The van der Waals surface area contributed by atoms with Crippen molar-refractivity contribution in [3.63, 3.8) is 0 Å². The van der Waals surface area contributed by atoms with Gasteiger partial charge >= 0.3 is 0 Å². The van der Waals surface area contributed by atoms with Gasteiger partial charge in [0.25, 0.3) is 0 Å². The third kappa shape index (κ3) is 4.89. The van der Waals surface area contributed by atoms with Gasteiger partial charge in [0.05, 0.1) is 6.04 Å². The zero-order valence-corrected chi connectivity index (χ0v) is 15.5. The van der Waals surface area contributed by atoms with E-state index in [-0.39, 0.29) is 12.3 Å². The normalized spacial score (nSPS) is 12.9. The first-order valence-corrected chi connectivity index (χ1v) is 8.87. The van der Waals surface area contributed by atoms with Gasteiger partial charge in [-0.05, 0) is 37.5 Å². The number of benzene rings is 1. The molecule has 27 heavy (non-hydrogen) atoms. The van der Waals surface area contributed by atoms with Crippen LogP contribution in [0.15, 0.2) is 48.7 Å². The van der Waals surface area contributed by atoms with Crippen LogP contribution in [-0.4, -0.2) is 26.0 Å². The Morgan fingerprint density at radius 1 is 1.19 bits per heavy atom. The van der Waals surface area contributed by atoms with Crippen LogP contribution >= 0.6 is 0 Å². The van der Waals surface area contributed by atoms with Crippen molar-refractivity contribution in [1.29, 1.82) is 0 Å². The second-order valence-corrected chi connectivity index (χ2v) is 7.43. The fourth-order valence-electron chi connectivity index (χ4n) is 2.98. The van der Waals surface area contributed by atoms with Crippen molar-refractivity contribution < 1.29 is 9.18 Å². The van der Waals surface area contributed by atoms with E-state index in [2.05, 4.69) is 15.5 Å². The summed E-state index contributed by atoms with van der Waals surface area (Å²) in [6.45, 7) is 3.03. The average molecular weight is 369 g/mol. The molecule has 2 heterocycles. The lowest BCUT2D eigenvalue weighted by atomic mass is 10.0. The summed E-state index contributed by atoms with van der Waals surface area (Å²) in [4.78, 5) is 12.5. The number of hydrogen-bond acceptors (Lipinski definition) is 4. The van der Waals surface area contributed by atoms with E-state index in [1.165, 1.54) is 0 Å². The lowest BCUT2D eigenvalue weighted by Crippen LogP contribution is -2.41. The van der Waals surface area contributed by atoms with Crippen molar-refractivity contribution >= 4 is 11.6 Å². The van der Waals surface area contributed by atoms with E-state index >= 15 is 0 Å². The molecule has 0 radical (unpaired) electrons. The maximum absolute atomic E-state index is 13.1. The van der Waals surface area contributed by atoms with E-state index in [1.807, 2.05) is 30.3 Å². The first-order valence-electron chi connectivity index (χ1n) is 8.87. The van der Waals surface area contributed by atoms with E-state index in [1.54, 1.807) is 36.6 Å². The van der Waals surface area contributed by atoms with Crippen molar-refractivity contribution in [3.05, 3.63) is 65.6 Å². The van der Waals surface area contributed by atoms with Gasteiger partial charge in [-0.25, -0.2) is 4.39 Å². The lowest BCUT2D eigenvalue weighted by Gasteiger charge is -2.22. The van der Waals surface area contributed by atoms with Gasteiger partial charge in [0, 0.05) is 18.2 Å². The Labute approximate surface area is 157 Å². The molecule has 0 aliphatic heterocycles. The van der Waals surface area contributed by atoms with Crippen molar-refractivity contribution in [3.8, 4) is 0 Å². The van der Waals surface area contributed by atoms with Gasteiger partial charge < -0.3 is 11.1 Å². The summed E-state index contributed by atoms with van der Waals surface area (Å²) in [6.07, 6.45) is 2.39. The number of alkyl halides is 1. The molecule has 1 atom stereocenters. The zero-order valence-electron chi connectivity index (χ0n) is 15.5. The van der Waals surface area contributed by atoms with Gasteiger partial charge in [-0.1, -0.05) is 36.4 Å². The summed E-state index contributed by atoms with van der Waals surface area (Å²) in [6, 6.07) is 12.8. The van der Waals surface area contributed by atoms with Crippen LogP contribution < -0.4 is 11.1 Å². The van der Waals surface area contributed by atoms with E-state index in [0.29, 0.717) is 23.5 Å². The summed E-state index contributed by atoms with van der Waals surface area (Å²) < 4.78 is 14.8. The number of rotatable bonds is 7. The van der Waals surface area contributed by atoms with Gasteiger partial charge in [0.2, 0.25) is 5.91 Å². The highest BCUT2D eigenvalue weighted by Gasteiger charge is 2.24. The van der Waals surface area contributed by atoms with Crippen molar-refractivity contribution in [2.45, 2.75) is 44.9 Å². The molecule has 0 aliphatic carbocycles. The van der Waals surface area contributed by atoms with E-state index in [0.717, 1.165) is 5.56 Å². The minimum absolute atomic E-state index is 0.165. The van der Waals surface area contributed by atoms with E-state index < -0.39 is 18.3 Å². The third-order valence-electron chi connectivity index (χ3n) is 4.19. The molecular weight excluding hydrogens is 345 g/mol. The largest absolute Gasteiger partial charge is 0.346 e. The molecule has 0 unspecified atom stereocenters. The number of carbonyl (C=O) groups excluding carboxylic acids is 1. The molecule has 0 saturated carbocycles. The minimum atomic E-state index is -0.615. The molecule has 142 valence electrons. The molecule has 0 bridgehead atoms. The maximum atomic E-state index is 13.1. The van der Waals surface area contributed by atoms with Gasteiger partial charge in [-0.2, -0.15) is 0 Å². The summed E-state index contributed by atoms with van der Waals surface area (Å²) in [5, 5.41) is 11.4.